The summed E-state index contributed by atoms with van der Waals surface area (Å²) in [5.41, 5.74) is 4.16. The minimum Gasteiger partial charge on any atom is -0.486 e. The van der Waals surface area contributed by atoms with E-state index >= 15 is 0 Å². The molecule has 0 fully saturated rings. The van der Waals surface area contributed by atoms with Gasteiger partial charge in [-0.3, -0.25) is 19.5 Å². The molecule has 0 spiro atoms. The van der Waals surface area contributed by atoms with Gasteiger partial charge >= 0.3 is 0 Å². The topological polar surface area (TPSA) is 74.8 Å². The smallest absolute Gasteiger partial charge is 0.257 e. The molecule has 1 atom stereocenters. The molecule has 3 aromatic rings. The van der Waals surface area contributed by atoms with Crippen molar-refractivity contribution in [3.63, 3.8) is 0 Å². The molecular formula is C28H30N4O3. The van der Waals surface area contributed by atoms with E-state index in [1.807, 2.05) is 18.7 Å². The van der Waals surface area contributed by atoms with E-state index in [0.29, 0.717) is 35.5 Å². The van der Waals surface area contributed by atoms with Crippen molar-refractivity contribution in [3.05, 3.63) is 89.2 Å². The van der Waals surface area contributed by atoms with Gasteiger partial charge in [-0.15, -0.1) is 0 Å². The molecule has 0 saturated carbocycles. The molecule has 7 nitrogen and oxygen atoms in total. The minimum atomic E-state index is -0.272. The Morgan fingerprint density at radius 1 is 1.06 bits per heavy atom. The number of carbonyl (C=O) groups excluding carboxylic acids is 2. The lowest BCUT2D eigenvalue weighted by molar-refractivity contribution is 0.0583. The third-order valence-corrected chi connectivity index (χ3v) is 6.66. The van der Waals surface area contributed by atoms with Crippen LogP contribution in [0.3, 0.4) is 0 Å². The van der Waals surface area contributed by atoms with Gasteiger partial charge in [-0.05, 0) is 49.2 Å². The number of nitrogens with one attached hydrogen (secondary N) is 1. The third-order valence-electron chi connectivity index (χ3n) is 6.66. The molecule has 5 rings (SSSR count). The van der Waals surface area contributed by atoms with Crippen LogP contribution >= 0.6 is 0 Å². The highest BCUT2D eigenvalue weighted by Gasteiger charge is 2.31. The number of rotatable bonds is 5. The average molecular weight is 471 g/mol. The van der Waals surface area contributed by atoms with E-state index in [1.54, 1.807) is 42.7 Å². The Hall–Kier alpha value is -3.71. The van der Waals surface area contributed by atoms with Gasteiger partial charge in [0, 0.05) is 56.6 Å². The van der Waals surface area contributed by atoms with Gasteiger partial charge < -0.3 is 15.0 Å². The molecule has 0 aliphatic carbocycles. The summed E-state index contributed by atoms with van der Waals surface area (Å²) in [7, 11) is 0. The van der Waals surface area contributed by atoms with Crippen molar-refractivity contribution in [1.82, 2.24) is 14.8 Å². The summed E-state index contributed by atoms with van der Waals surface area (Å²) in [6.45, 7) is 7.19. The maximum absolute atomic E-state index is 13.5. The predicted molar refractivity (Wildman–Crippen MR) is 134 cm³/mol. The van der Waals surface area contributed by atoms with Crippen molar-refractivity contribution in [2.75, 3.05) is 18.4 Å². The molecular weight excluding hydrogens is 440 g/mol. The van der Waals surface area contributed by atoms with Crippen molar-refractivity contribution in [3.8, 4) is 5.75 Å². The highest BCUT2D eigenvalue weighted by molar-refractivity contribution is 6.07. The number of carbonyl (C=O) groups is 2. The third kappa shape index (κ3) is 4.91. The van der Waals surface area contributed by atoms with Crippen LogP contribution in [0.5, 0.6) is 5.75 Å². The van der Waals surface area contributed by atoms with Crippen LogP contribution < -0.4 is 10.1 Å². The molecule has 0 unspecified atom stereocenters. The first-order chi connectivity index (χ1) is 17.0. The number of aromatic nitrogens is 1. The molecule has 180 valence electrons. The second kappa shape index (κ2) is 9.88. The Kier molecular flexibility index (Phi) is 6.51. The molecule has 2 amide bonds. The summed E-state index contributed by atoms with van der Waals surface area (Å²) < 4.78 is 6.55. The van der Waals surface area contributed by atoms with Gasteiger partial charge in [0.1, 0.15) is 6.10 Å². The number of hydrogen-bond acceptors (Lipinski definition) is 5. The summed E-state index contributed by atoms with van der Waals surface area (Å²) in [6, 6.07) is 17.2. The number of fused-ring (bicyclic) bond motifs is 2. The molecule has 0 saturated heterocycles. The summed E-state index contributed by atoms with van der Waals surface area (Å²) in [6.07, 6.45) is 3.74. The molecule has 1 aromatic heterocycles. The molecule has 3 heterocycles. The van der Waals surface area contributed by atoms with Crippen LogP contribution in [0.25, 0.3) is 0 Å². The van der Waals surface area contributed by atoms with Gasteiger partial charge in [0.25, 0.3) is 11.8 Å². The minimum absolute atomic E-state index is 0.0557. The van der Waals surface area contributed by atoms with Crippen molar-refractivity contribution >= 4 is 17.5 Å². The zero-order valence-electron chi connectivity index (χ0n) is 20.1. The fourth-order valence-corrected chi connectivity index (χ4v) is 4.84. The van der Waals surface area contributed by atoms with Crippen LogP contribution in [0.15, 0.2) is 67.0 Å². The lowest BCUT2D eigenvalue weighted by Crippen LogP contribution is -2.43. The van der Waals surface area contributed by atoms with Crippen LogP contribution in [-0.2, 0) is 13.1 Å². The van der Waals surface area contributed by atoms with E-state index in [-0.39, 0.29) is 24.0 Å². The van der Waals surface area contributed by atoms with Crippen LogP contribution in [0.4, 0.5) is 5.69 Å². The lowest BCUT2D eigenvalue weighted by atomic mass is 10.1. The maximum atomic E-state index is 13.5. The number of para-hydroxylation sites is 1. The molecule has 2 aliphatic heterocycles. The van der Waals surface area contributed by atoms with E-state index in [4.69, 9.17) is 4.74 Å². The fraction of sp³-hybridized carbons (Fsp3) is 0.321. The first-order valence-corrected chi connectivity index (χ1v) is 12.1. The van der Waals surface area contributed by atoms with E-state index in [2.05, 4.69) is 39.5 Å². The monoisotopic (exact) mass is 470 g/mol. The Morgan fingerprint density at radius 2 is 1.77 bits per heavy atom. The van der Waals surface area contributed by atoms with Crippen molar-refractivity contribution in [1.29, 1.82) is 0 Å². The van der Waals surface area contributed by atoms with Crippen molar-refractivity contribution in [2.24, 2.45) is 0 Å². The van der Waals surface area contributed by atoms with Gasteiger partial charge in [-0.1, -0.05) is 30.3 Å². The number of pyridine rings is 1. The molecule has 1 N–H and O–H groups in total. The number of benzene rings is 2. The molecule has 2 aromatic carbocycles. The number of hydrogen-bond donors (Lipinski definition) is 1. The summed E-state index contributed by atoms with van der Waals surface area (Å²) >= 11 is 0. The molecule has 35 heavy (non-hydrogen) atoms. The zero-order valence-corrected chi connectivity index (χ0v) is 20.1. The number of anilines is 1. The Labute approximate surface area is 205 Å². The van der Waals surface area contributed by atoms with Gasteiger partial charge in [-0.2, -0.15) is 0 Å². The van der Waals surface area contributed by atoms with E-state index in [9.17, 15) is 9.59 Å². The van der Waals surface area contributed by atoms with E-state index in [1.165, 1.54) is 11.1 Å². The SMILES string of the molecule is CC(C)N1CC[C@H](CN2Cc3ccccc3C2)Oc2c(NC(=O)c3ccncc3)cccc2C1=O. The summed E-state index contributed by atoms with van der Waals surface area (Å²) in [4.78, 5) is 34.6. The molecule has 7 heteroatoms. The number of amides is 2. The van der Waals surface area contributed by atoms with Gasteiger partial charge in [0.15, 0.2) is 5.75 Å². The quantitative estimate of drug-likeness (QED) is 0.600. The zero-order chi connectivity index (χ0) is 24.4. The second-order valence-electron chi connectivity index (χ2n) is 9.43. The van der Waals surface area contributed by atoms with E-state index < -0.39 is 0 Å². The molecule has 2 aliphatic rings. The summed E-state index contributed by atoms with van der Waals surface area (Å²) in [5, 5.41) is 2.95. The molecule has 0 radical (unpaired) electrons. The number of ether oxygens (including phenoxy) is 1. The number of nitrogens with zero attached hydrogens (tertiary/aromatic N) is 3. The first-order valence-electron chi connectivity index (χ1n) is 12.1. The van der Waals surface area contributed by atoms with Crippen LogP contribution in [0.1, 0.15) is 52.1 Å². The second-order valence-corrected chi connectivity index (χ2v) is 9.43. The molecule has 0 bridgehead atoms. The van der Waals surface area contributed by atoms with Gasteiger partial charge in [-0.25, -0.2) is 0 Å². The predicted octanol–water partition coefficient (Wildman–Crippen LogP) is 4.35. The van der Waals surface area contributed by atoms with Crippen LogP contribution in [0, 0.1) is 0 Å². The normalized spacial score (nSPS) is 17.9. The Morgan fingerprint density at radius 3 is 2.46 bits per heavy atom. The Balaban J connectivity index is 1.44. The van der Waals surface area contributed by atoms with Crippen molar-refractivity contribution in [2.45, 2.75) is 45.5 Å². The highest BCUT2D eigenvalue weighted by atomic mass is 16.5. The average Bonchev–Trinajstić information content (AvgIpc) is 3.26. The highest BCUT2D eigenvalue weighted by Crippen LogP contribution is 2.34. The summed E-state index contributed by atoms with van der Waals surface area (Å²) in [5.74, 6) is 0.0835. The van der Waals surface area contributed by atoms with Crippen LogP contribution in [-0.4, -0.2) is 51.8 Å². The first kappa shape index (κ1) is 23.1. The Bertz CT molecular complexity index is 1200. The lowest BCUT2D eigenvalue weighted by Gasteiger charge is -2.34. The van der Waals surface area contributed by atoms with Gasteiger partial charge in [0.05, 0.1) is 11.3 Å². The standard InChI is InChI=1S/C28H30N4O3/c1-19(2)32-15-12-23(18-31-16-21-6-3-4-7-22(21)17-31)35-26-24(28(32)34)8-5-9-25(26)30-27(33)20-10-13-29-14-11-20/h3-11,13-14,19,23H,12,15-18H2,1-2H3,(H,30,33)/t23-/m1/s1. The van der Waals surface area contributed by atoms with E-state index in [0.717, 1.165) is 19.6 Å². The maximum Gasteiger partial charge on any atom is 0.257 e. The van der Waals surface area contributed by atoms with Gasteiger partial charge in [0.2, 0.25) is 0 Å². The fourth-order valence-electron chi connectivity index (χ4n) is 4.84. The largest absolute Gasteiger partial charge is 0.486 e. The van der Waals surface area contributed by atoms with Crippen molar-refractivity contribution < 1.29 is 14.3 Å². The van der Waals surface area contributed by atoms with Crippen LogP contribution in [0.2, 0.25) is 0 Å².